The lowest BCUT2D eigenvalue weighted by atomic mass is 10.3. The van der Waals surface area contributed by atoms with Crippen molar-refractivity contribution in [2.24, 2.45) is 0 Å². The third kappa shape index (κ3) is 3.97. The Labute approximate surface area is 103 Å². The summed E-state index contributed by atoms with van der Waals surface area (Å²) >= 11 is 0. The van der Waals surface area contributed by atoms with Crippen LogP contribution in [0.15, 0.2) is 6.07 Å². The van der Waals surface area contributed by atoms with Crippen molar-refractivity contribution in [3.8, 4) is 0 Å². The first-order valence-corrected chi connectivity index (χ1v) is 6.42. The Morgan fingerprint density at radius 2 is 2.06 bits per heavy atom. The highest BCUT2D eigenvalue weighted by molar-refractivity contribution is 5.35. The average molecular weight is 235 g/mol. The fraction of sp³-hybridized carbons (Fsp3) is 0.692. The minimum atomic E-state index is 0.491. The molecule has 1 heterocycles. The van der Waals surface area contributed by atoms with E-state index in [1.807, 2.05) is 19.9 Å². The number of rotatable bonds is 5. The van der Waals surface area contributed by atoms with E-state index in [1.54, 1.807) is 0 Å². The summed E-state index contributed by atoms with van der Waals surface area (Å²) in [6.45, 7) is 5.46. The fourth-order valence-corrected chi connectivity index (χ4v) is 2.27. The second-order valence-corrected chi connectivity index (χ2v) is 4.65. The second-order valence-electron chi connectivity index (χ2n) is 4.65. The van der Waals surface area contributed by atoms with Crippen molar-refractivity contribution in [3.05, 3.63) is 17.6 Å². The van der Waals surface area contributed by atoms with Gasteiger partial charge in [0.15, 0.2) is 0 Å². The Morgan fingerprint density at radius 3 is 2.76 bits per heavy atom. The molecular formula is C13H21N3O. The van der Waals surface area contributed by atoms with Crippen LogP contribution < -0.4 is 5.32 Å². The molecule has 1 aromatic rings. The lowest BCUT2D eigenvalue weighted by Gasteiger charge is -2.12. The molecule has 4 nitrogen and oxygen atoms in total. The predicted octanol–water partition coefficient (Wildman–Crippen LogP) is 2.46. The summed E-state index contributed by atoms with van der Waals surface area (Å²) < 4.78 is 5.78. The van der Waals surface area contributed by atoms with Gasteiger partial charge in [0.2, 0.25) is 0 Å². The zero-order chi connectivity index (χ0) is 12.1. The molecule has 17 heavy (non-hydrogen) atoms. The number of nitrogens with one attached hydrogen (secondary N) is 1. The van der Waals surface area contributed by atoms with Crippen LogP contribution >= 0.6 is 0 Å². The molecule has 1 aromatic heterocycles. The number of hydrogen-bond acceptors (Lipinski definition) is 4. The lowest BCUT2D eigenvalue weighted by Crippen LogP contribution is -2.16. The van der Waals surface area contributed by atoms with E-state index in [9.17, 15) is 0 Å². The van der Waals surface area contributed by atoms with Crippen molar-refractivity contribution < 1.29 is 4.74 Å². The summed E-state index contributed by atoms with van der Waals surface area (Å²) in [7, 11) is 0. The van der Waals surface area contributed by atoms with Crippen LogP contribution in [0.25, 0.3) is 0 Å². The van der Waals surface area contributed by atoms with Gasteiger partial charge in [0.05, 0.1) is 12.7 Å². The fourth-order valence-electron chi connectivity index (χ4n) is 2.27. The summed E-state index contributed by atoms with van der Waals surface area (Å²) in [5, 5.41) is 3.27. The molecule has 2 rings (SSSR count). The van der Waals surface area contributed by atoms with Crippen molar-refractivity contribution >= 4 is 5.82 Å². The minimum absolute atomic E-state index is 0.491. The molecule has 1 N–H and O–H groups in total. The second kappa shape index (κ2) is 5.96. The maximum Gasteiger partial charge on any atom is 0.129 e. The minimum Gasteiger partial charge on any atom is -0.376 e. The van der Waals surface area contributed by atoms with Crippen LogP contribution in [-0.4, -0.2) is 29.2 Å². The van der Waals surface area contributed by atoms with Gasteiger partial charge < -0.3 is 10.1 Å². The van der Waals surface area contributed by atoms with Gasteiger partial charge in [-0.15, -0.1) is 0 Å². The van der Waals surface area contributed by atoms with E-state index < -0.39 is 0 Å². The molecule has 1 saturated carbocycles. The zero-order valence-electron chi connectivity index (χ0n) is 10.7. The maximum atomic E-state index is 5.78. The molecule has 0 radical (unpaired) electrons. The molecule has 0 spiro atoms. The van der Waals surface area contributed by atoms with Crippen LogP contribution in [0, 0.1) is 13.8 Å². The van der Waals surface area contributed by atoms with Gasteiger partial charge in [-0.3, -0.25) is 0 Å². The molecule has 0 bridgehead atoms. The average Bonchev–Trinajstić information content (AvgIpc) is 2.76. The number of aromatic nitrogens is 2. The van der Waals surface area contributed by atoms with Gasteiger partial charge in [-0.1, -0.05) is 12.8 Å². The molecule has 0 atom stereocenters. The van der Waals surface area contributed by atoms with Crippen LogP contribution in [-0.2, 0) is 4.74 Å². The molecule has 0 unspecified atom stereocenters. The third-order valence-electron chi connectivity index (χ3n) is 3.03. The van der Waals surface area contributed by atoms with E-state index in [2.05, 4.69) is 15.3 Å². The van der Waals surface area contributed by atoms with Gasteiger partial charge in [-0.2, -0.15) is 0 Å². The molecule has 0 aliphatic heterocycles. The maximum absolute atomic E-state index is 5.78. The normalized spacial score (nSPS) is 16.4. The Morgan fingerprint density at radius 1 is 1.29 bits per heavy atom. The van der Waals surface area contributed by atoms with Crippen molar-refractivity contribution in [1.29, 1.82) is 0 Å². The SMILES string of the molecule is Cc1cc(NCCOC2CCCC2)nc(C)n1. The molecule has 0 aromatic carbocycles. The van der Waals surface area contributed by atoms with Crippen molar-refractivity contribution in [1.82, 2.24) is 9.97 Å². The van der Waals surface area contributed by atoms with Crippen LogP contribution in [0.1, 0.15) is 37.2 Å². The molecule has 4 heteroatoms. The highest BCUT2D eigenvalue weighted by atomic mass is 16.5. The van der Waals surface area contributed by atoms with Crippen molar-refractivity contribution in [3.63, 3.8) is 0 Å². The monoisotopic (exact) mass is 235 g/mol. The Bertz CT molecular complexity index is 341. The lowest BCUT2D eigenvalue weighted by molar-refractivity contribution is 0.0658. The topological polar surface area (TPSA) is 47.0 Å². The number of nitrogens with zero attached hydrogens (tertiary/aromatic N) is 2. The van der Waals surface area contributed by atoms with E-state index in [0.29, 0.717) is 6.10 Å². The standard InChI is InChI=1S/C13H21N3O/c1-10-9-13(16-11(2)15-10)14-7-8-17-12-5-3-4-6-12/h9,12H,3-8H2,1-2H3,(H,14,15,16). The highest BCUT2D eigenvalue weighted by Crippen LogP contribution is 2.20. The molecule has 94 valence electrons. The predicted molar refractivity (Wildman–Crippen MR) is 68.2 cm³/mol. The Kier molecular flexibility index (Phi) is 4.31. The Balaban J connectivity index is 1.70. The van der Waals surface area contributed by atoms with Gasteiger partial charge in [0.1, 0.15) is 11.6 Å². The summed E-state index contributed by atoms with van der Waals surface area (Å²) in [6.07, 6.45) is 5.59. The van der Waals surface area contributed by atoms with Gasteiger partial charge in [0, 0.05) is 18.3 Å². The molecular weight excluding hydrogens is 214 g/mol. The van der Waals surface area contributed by atoms with E-state index in [1.165, 1.54) is 25.7 Å². The Hall–Kier alpha value is -1.16. The summed E-state index contributed by atoms with van der Waals surface area (Å²) in [5.74, 6) is 1.70. The van der Waals surface area contributed by atoms with Crippen LogP contribution in [0.2, 0.25) is 0 Å². The molecule has 1 aliphatic rings. The first kappa shape index (κ1) is 12.3. The highest BCUT2D eigenvalue weighted by Gasteiger charge is 2.14. The van der Waals surface area contributed by atoms with E-state index in [4.69, 9.17) is 4.74 Å². The van der Waals surface area contributed by atoms with Gasteiger partial charge in [-0.05, 0) is 26.7 Å². The quantitative estimate of drug-likeness (QED) is 0.796. The number of hydrogen-bond donors (Lipinski definition) is 1. The molecule has 0 saturated heterocycles. The number of aryl methyl sites for hydroxylation is 2. The summed E-state index contributed by atoms with van der Waals surface area (Å²) in [6, 6.07) is 1.96. The van der Waals surface area contributed by atoms with Crippen LogP contribution in [0.5, 0.6) is 0 Å². The van der Waals surface area contributed by atoms with Crippen molar-refractivity contribution in [2.75, 3.05) is 18.5 Å². The number of ether oxygens (including phenoxy) is 1. The van der Waals surface area contributed by atoms with Crippen LogP contribution in [0.4, 0.5) is 5.82 Å². The molecule has 1 fully saturated rings. The zero-order valence-corrected chi connectivity index (χ0v) is 10.7. The molecule has 1 aliphatic carbocycles. The van der Waals surface area contributed by atoms with E-state index in [-0.39, 0.29) is 0 Å². The summed E-state index contributed by atoms with van der Waals surface area (Å²) in [4.78, 5) is 8.57. The van der Waals surface area contributed by atoms with Gasteiger partial charge in [-0.25, -0.2) is 9.97 Å². The molecule has 0 amide bonds. The first-order chi connectivity index (χ1) is 8.24. The summed E-state index contributed by atoms with van der Waals surface area (Å²) in [5.41, 5.74) is 0.997. The number of anilines is 1. The largest absolute Gasteiger partial charge is 0.376 e. The van der Waals surface area contributed by atoms with Crippen molar-refractivity contribution in [2.45, 2.75) is 45.6 Å². The van der Waals surface area contributed by atoms with E-state index >= 15 is 0 Å². The van der Waals surface area contributed by atoms with E-state index in [0.717, 1.165) is 30.5 Å². The van der Waals surface area contributed by atoms with Crippen LogP contribution in [0.3, 0.4) is 0 Å². The third-order valence-corrected chi connectivity index (χ3v) is 3.03. The van der Waals surface area contributed by atoms with Gasteiger partial charge in [0.25, 0.3) is 0 Å². The first-order valence-electron chi connectivity index (χ1n) is 6.42. The smallest absolute Gasteiger partial charge is 0.129 e. The van der Waals surface area contributed by atoms with Gasteiger partial charge >= 0.3 is 0 Å².